The van der Waals surface area contributed by atoms with E-state index in [-0.39, 0.29) is 18.2 Å². The molecule has 1 saturated heterocycles. The predicted octanol–water partition coefficient (Wildman–Crippen LogP) is 2.26. The molecule has 2 aliphatic heterocycles. The number of nitrogens with one attached hydrogen (secondary N) is 1. The lowest BCUT2D eigenvalue weighted by atomic mass is 9.87. The lowest BCUT2D eigenvalue weighted by Crippen LogP contribution is -2.43. The van der Waals surface area contributed by atoms with Gasteiger partial charge in [0.15, 0.2) is 0 Å². The monoisotopic (exact) mass is 368 g/mol. The van der Waals surface area contributed by atoms with Crippen LogP contribution in [-0.2, 0) is 16.1 Å². The van der Waals surface area contributed by atoms with Crippen molar-refractivity contribution in [3.8, 4) is 5.75 Å². The maximum absolute atomic E-state index is 13.2. The first kappa shape index (κ1) is 17.6. The lowest BCUT2D eigenvalue weighted by molar-refractivity contribution is -0.136. The summed E-state index contributed by atoms with van der Waals surface area (Å²) < 4.78 is 7.39. The van der Waals surface area contributed by atoms with Crippen molar-refractivity contribution in [1.29, 1.82) is 0 Å². The molecule has 1 unspecified atom stereocenters. The van der Waals surface area contributed by atoms with Crippen molar-refractivity contribution in [3.63, 3.8) is 0 Å². The van der Waals surface area contributed by atoms with Gasteiger partial charge in [0.05, 0.1) is 19.4 Å². The van der Waals surface area contributed by atoms with Crippen LogP contribution in [0.4, 0.5) is 5.69 Å². The highest BCUT2D eigenvalue weighted by Crippen LogP contribution is 2.36. The Morgan fingerprint density at radius 2 is 2.15 bits per heavy atom. The number of anilines is 1. The van der Waals surface area contributed by atoms with Gasteiger partial charge in [-0.2, -0.15) is 0 Å². The van der Waals surface area contributed by atoms with Gasteiger partial charge >= 0.3 is 0 Å². The van der Waals surface area contributed by atoms with Crippen molar-refractivity contribution in [2.45, 2.75) is 31.7 Å². The number of imidazole rings is 1. The molecule has 0 saturated carbocycles. The Labute approximate surface area is 158 Å². The number of amides is 2. The van der Waals surface area contributed by atoms with Gasteiger partial charge in [0.25, 0.3) is 0 Å². The summed E-state index contributed by atoms with van der Waals surface area (Å²) in [5, 5.41) is 2.86. The Kier molecular flexibility index (Phi) is 4.83. The van der Waals surface area contributed by atoms with Gasteiger partial charge in [0, 0.05) is 44.1 Å². The second-order valence-electron chi connectivity index (χ2n) is 7.29. The fourth-order valence-electron chi connectivity index (χ4n) is 4.04. The molecule has 0 spiro atoms. The van der Waals surface area contributed by atoms with E-state index in [2.05, 4.69) is 14.9 Å². The molecule has 142 valence electrons. The minimum atomic E-state index is -0.436. The summed E-state index contributed by atoms with van der Waals surface area (Å²) in [5.41, 5.74) is 1.56. The standard InChI is InChI=1S/C20H24N4O3/c1-27-15-2-3-18-16(10-15)17(11-19(25)22-18)20(26)24-7-4-14(5-8-24)12-23-9-6-21-13-23/h2-3,6,9-10,13-14,17H,4-5,7-8,11-12H2,1H3,(H,22,25). The second kappa shape index (κ2) is 7.42. The zero-order valence-corrected chi connectivity index (χ0v) is 15.4. The van der Waals surface area contributed by atoms with Gasteiger partial charge in [-0.1, -0.05) is 0 Å². The SMILES string of the molecule is COc1ccc2c(c1)C(C(=O)N1CCC(Cn3ccnc3)CC1)CC(=O)N2. The van der Waals surface area contributed by atoms with Crippen molar-refractivity contribution in [1.82, 2.24) is 14.5 Å². The van der Waals surface area contributed by atoms with E-state index < -0.39 is 5.92 Å². The van der Waals surface area contributed by atoms with Crippen LogP contribution in [0.15, 0.2) is 36.9 Å². The molecule has 1 fully saturated rings. The summed E-state index contributed by atoms with van der Waals surface area (Å²) in [7, 11) is 1.60. The van der Waals surface area contributed by atoms with Gasteiger partial charge in [-0.25, -0.2) is 4.98 Å². The number of carbonyl (C=O) groups is 2. The molecule has 0 aliphatic carbocycles. The highest BCUT2D eigenvalue weighted by Gasteiger charge is 2.35. The molecule has 1 atom stereocenters. The third kappa shape index (κ3) is 3.67. The van der Waals surface area contributed by atoms with E-state index in [0.717, 1.165) is 38.0 Å². The third-order valence-electron chi connectivity index (χ3n) is 5.55. The fourth-order valence-corrected chi connectivity index (χ4v) is 4.04. The maximum Gasteiger partial charge on any atom is 0.230 e. The molecule has 7 heteroatoms. The summed E-state index contributed by atoms with van der Waals surface area (Å²) >= 11 is 0. The number of nitrogens with zero attached hydrogens (tertiary/aromatic N) is 3. The largest absolute Gasteiger partial charge is 0.497 e. The van der Waals surface area contributed by atoms with Gasteiger partial charge in [0.2, 0.25) is 11.8 Å². The Bertz CT molecular complexity index is 826. The van der Waals surface area contributed by atoms with Crippen LogP contribution in [0.3, 0.4) is 0 Å². The number of likely N-dealkylation sites (tertiary alicyclic amines) is 1. The Balaban J connectivity index is 1.45. The van der Waals surface area contributed by atoms with E-state index in [9.17, 15) is 9.59 Å². The zero-order chi connectivity index (χ0) is 18.8. The van der Waals surface area contributed by atoms with E-state index in [1.807, 2.05) is 29.6 Å². The van der Waals surface area contributed by atoms with E-state index in [4.69, 9.17) is 4.74 Å². The predicted molar refractivity (Wildman–Crippen MR) is 101 cm³/mol. The first-order chi connectivity index (χ1) is 13.1. The van der Waals surface area contributed by atoms with Gasteiger partial charge in [-0.05, 0) is 42.5 Å². The van der Waals surface area contributed by atoms with Crippen molar-refractivity contribution in [3.05, 3.63) is 42.5 Å². The highest BCUT2D eigenvalue weighted by atomic mass is 16.5. The number of piperidine rings is 1. The molecule has 2 amide bonds. The zero-order valence-electron chi connectivity index (χ0n) is 15.4. The minimum Gasteiger partial charge on any atom is -0.497 e. The molecule has 1 N–H and O–H groups in total. The summed E-state index contributed by atoms with van der Waals surface area (Å²) in [6.45, 7) is 2.40. The smallest absolute Gasteiger partial charge is 0.230 e. The number of rotatable bonds is 4. The number of aromatic nitrogens is 2. The van der Waals surface area contributed by atoms with Crippen LogP contribution in [0.25, 0.3) is 0 Å². The van der Waals surface area contributed by atoms with Crippen molar-refractivity contribution in [2.75, 3.05) is 25.5 Å². The fraction of sp³-hybridized carbons (Fsp3) is 0.450. The summed E-state index contributed by atoms with van der Waals surface area (Å²) in [6.07, 6.45) is 7.72. The molecule has 1 aromatic carbocycles. The minimum absolute atomic E-state index is 0.0421. The molecule has 1 aromatic heterocycles. The number of benzene rings is 1. The van der Waals surface area contributed by atoms with Crippen LogP contribution in [0.1, 0.15) is 30.7 Å². The molecule has 2 aromatic rings. The number of carbonyl (C=O) groups excluding carboxylic acids is 2. The molecule has 4 rings (SSSR count). The molecule has 0 radical (unpaired) electrons. The average Bonchev–Trinajstić information content (AvgIpc) is 3.20. The van der Waals surface area contributed by atoms with Crippen molar-refractivity contribution in [2.24, 2.45) is 5.92 Å². The number of methoxy groups -OCH3 is 1. The molecule has 3 heterocycles. The third-order valence-corrected chi connectivity index (χ3v) is 5.55. The van der Waals surface area contributed by atoms with Crippen LogP contribution in [-0.4, -0.2) is 46.5 Å². The molecule has 0 bridgehead atoms. The van der Waals surface area contributed by atoms with Crippen LogP contribution < -0.4 is 10.1 Å². The van der Waals surface area contributed by atoms with Gasteiger partial charge in [-0.15, -0.1) is 0 Å². The Hall–Kier alpha value is -2.83. The van der Waals surface area contributed by atoms with Gasteiger partial charge in [-0.3, -0.25) is 9.59 Å². The summed E-state index contributed by atoms with van der Waals surface area (Å²) in [6, 6.07) is 5.47. The first-order valence-electron chi connectivity index (χ1n) is 9.36. The molecule has 7 nitrogen and oxygen atoms in total. The van der Waals surface area contributed by atoms with Crippen LogP contribution in [0.5, 0.6) is 5.75 Å². The number of hydrogen-bond acceptors (Lipinski definition) is 4. The van der Waals surface area contributed by atoms with E-state index in [0.29, 0.717) is 17.4 Å². The summed E-state index contributed by atoms with van der Waals surface area (Å²) in [4.78, 5) is 31.3. The van der Waals surface area contributed by atoms with Crippen LogP contribution >= 0.6 is 0 Å². The number of ether oxygens (including phenoxy) is 1. The van der Waals surface area contributed by atoms with Crippen molar-refractivity contribution >= 4 is 17.5 Å². The molecular weight excluding hydrogens is 344 g/mol. The second-order valence-corrected chi connectivity index (χ2v) is 7.29. The summed E-state index contributed by atoms with van der Waals surface area (Å²) in [5.74, 6) is 0.738. The molecular formula is C20H24N4O3. The van der Waals surface area contributed by atoms with E-state index in [1.54, 1.807) is 19.4 Å². The maximum atomic E-state index is 13.2. The number of fused-ring (bicyclic) bond motifs is 1. The van der Waals surface area contributed by atoms with Crippen molar-refractivity contribution < 1.29 is 14.3 Å². The van der Waals surface area contributed by atoms with Gasteiger partial charge in [0.1, 0.15) is 5.75 Å². The Morgan fingerprint density at radius 1 is 1.33 bits per heavy atom. The first-order valence-corrected chi connectivity index (χ1v) is 9.36. The van der Waals surface area contributed by atoms with E-state index in [1.165, 1.54) is 0 Å². The normalized spacial score (nSPS) is 20.1. The number of hydrogen-bond donors (Lipinski definition) is 1. The molecule has 2 aliphatic rings. The lowest BCUT2D eigenvalue weighted by Gasteiger charge is -2.35. The Morgan fingerprint density at radius 3 is 2.85 bits per heavy atom. The van der Waals surface area contributed by atoms with Crippen LogP contribution in [0, 0.1) is 5.92 Å². The van der Waals surface area contributed by atoms with E-state index >= 15 is 0 Å². The molecule has 27 heavy (non-hydrogen) atoms. The topological polar surface area (TPSA) is 76.5 Å². The quantitative estimate of drug-likeness (QED) is 0.898. The highest BCUT2D eigenvalue weighted by molar-refractivity contribution is 6.01. The average molecular weight is 368 g/mol. The van der Waals surface area contributed by atoms with Crippen LogP contribution in [0.2, 0.25) is 0 Å². The van der Waals surface area contributed by atoms with Gasteiger partial charge < -0.3 is 19.5 Å².